The highest BCUT2D eigenvalue weighted by atomic mass is 32.2. The van der Waals surface area contributed by atoms with Crippen LogP contribution in [0.1, 0.15) is 43.9 Å². The molecule has 0 aliphatic heterocycles. The molecule has 2 amide bonds. The fraction of sp³-hybridized carbons (Fsp3) is 0.355. The van der Waals surface area contributed by atoms with Crippen LogP contribution >= 0.6 is 0 Å². The van der Waals surface area contributed by atoms with E-state index in [1.54, 1.807) is 43.3 Å². The van der Waals surface area contributed by atoms with Gasteiger partial charge in [-0.25, -0.2) is 8.42 Å². The first-order valence-electron chi connectivity index (χ1n) is 13.3. The lowest BCUT2D eigenvalue weighted by Crippen LogP contribution is -2.52. The molecule has 0 unspecified atom stereocenters. The highest BCUT2D eigenvalue weighted by Crippen LogP contribution is 2.28. The van der Waals surface area contributed by atoms with E-state index in [4.69, 9.17) is 4.74 Å². The van der Waals surface area contributed by atoms with Gasteiger partial charge >= 0.3 is 0 Å². The Morgan fingerprint density at radius 2 is 1.52 bits per heavy atom. The number of nitrogens with one attached hydrogen (secondary N) is 1. The molecule has 8 nitrogen and oxygen atoms in total. The average molecular weight is 566 g/mol. The summed E-state index contributed by atoms with van der Waals surface area (Å²) in [6, 6.07) is 19.8. The number of rotatable bonds is 12. The second-order valence-electron chi connectivity index (χ2n) is 10.0. The lowest BCUT2D eigenvalue weighted by molar-refractivity contribution is -0.139. The predicted octanol–water partition coefficient (Wildman–Crippen LogP) is 4.84. The van der Waals surface area contributed by atoms with Gasteiger partial charge < -0.3 is 15.0 Å². The summed E-state index contributed by atoms with van der Waals surface area (Å²) in [5.41, 5.74) is 3.09. The number of amides is 2. The van der Waals surface area contributed by atoms with E-state index in [0.717, 1.165) is 27.4 Å². The third-order valence-electron chi connectivity index (χ3n) is 6.87. The highest BCUT2D eigenvalue weighted by molar-refractivity contribution is 7.92. The van der Waals surface area contributed by atoms with Crippen LogP contribution in [-0.4, -0.2) is 50.9 Å². The quantitative estimate of drug-likeness (QED) is 0.339. The number of benzene rings is 3. The van der Waals surface area contributed by atoms with E-state index < -0.39 is 28.5 Å². The van der Waals surface area contributed by atoms with Crippen LogP contribution in [-0.2, 0) is 26.2 Å². The first kappa shape index (κ1) is 30.7. The summed E-state index contributed by atoms with van der Waals surface area (Å²) in [6.07, 6.45) is 0.739. The molecule has 0 heterocycles. The van der Waals surface area contributed by atoms with Crippen molar-refractivity contribution in [1.29, 1.82) is 0 Å². The van der Waals surface area contributed by atoms with Gasteiger partial charge in [-0.3, -0.25) is 13.9 Å². The van der Waals surface area contributed by atoms with Gasteiger partial charge in [0.15, 0.2) is 0 Å². The SMILES string of the molecule is CC[C@H](C)NC(=O)[C@H](C)N(Cc1ccc(C)cc1)C(=O)CN(c1cccc(OC)c1)S(=O)(=O)c1ccc(C)cc1. The van der Waals surface area contributed by atoms with Gasteiger partial charge in [-0.05, 0) is 63.9 Å². The fourth-order valence-electron chi connectivity index (χ4n) is 4.07. The predicted molar refractivity (Wildman–Crippen MR) is 158 cm³/mol. The molecule has 3 rings (SSSR count). The van der Waals surface area contributed by atoms with Crippen molar-refractivity contribution in [3.8, 4) is 5.75 Å². The summed E-state index contributed by atoms with van der Waals surface area (Å²) in [7, 11) is -2.65. The van der Waals surface area contributed by atoms with E-state index in [1.807, 2.05) is 52.0 Å². The number of carbonyl (C=O) groups is 2. The van der Waals surface area contributed by atoms with Crippen molar-refractivity contribution in [3.05, 3.63) is 89.5 Å². The van der Waals surface area contributed by atoms with Gasteiger partial charge in [0.05, 0.1) is 17.7 Å². The molecule has 214 valence electrons. The zero-order chi connectivity index (χ0) is 29.4. The lowest BCUT2D eigenvalue weighted by atomic mass is 10.1. The Kier molecular flexibility index (Phi) is 10.3. The molecule has 9 heteroatoms. The second-order valence-corrected chi connectivity index (χ2v) is 11.9. The first-order chi connectivity index (χ1) is 19.0. The standard InChI is InChI=1S/C31H39N3O5S/c1-7-24(4)32-31(36)25(5)33(20-26-15-11-22(2)12-16-26)30(35)21-34(27-9-8-10-28(19-27)39-6)40(37,38)29-17-13-23(3)14-18-29/h8-19,24-25H,7,20-21H2,1-6H3,(H,32,36)/t24-,25-/m0/s1. The number of ether oxygens (including phenoxy) is 1. The van der Waals surface area contributed by atoms with Crippen LogP contribution in [0.2, 0.25) is 0 Å². The molecule has 0 bridgehead atoms. The highest BCUT2D eigenvalue weighted by Gasteiger charge is 2.33. The van der Waals surface area contributed by atoms with Crippen LogP contribution < -0.4 is 14.4 Å². The van der Waals surface area contributed by atoms with Gasteiger partial charge in [0.1, 0.15) is 18.3 Å². The number of hydrogen-bond acceptors (Lipinski definition) is 5. The summed E-state index contributed by atoms with van der Waals surface area (Å²) in [6.45, 7) is 9.00. The fourth-order valence-corrected chi connectivity index (χ4v) is 5.48. The summed E-state index contributed by atoms with van der Waals surface area (Å²) in [5.74, 6) is -0.359. The van der Waals surface area contributed by atoms with Gasteiger partial charge in [-0.2, -0.15) is 0 Å². The maximum Gasteiger partial charge on any atom is 0.264 e. The summed E-state index contributed by atoms with van der Waals surface area (Å²) >= 11 is 0. The van der Waals surface area contributed by atoms with Crippen molar-refractivity contribution in [2.45, 2.75) is 64.6 Å². The van der Waals surface area contributed by atoms with Crippen LogP contribution in [0.3, 0.4) is 0 Å². The largest absolute Gasteiger partial charge is 0.497 e. The Hall–Kier alpha value is -3.85. The first-order valence-corrected chi connectivity index (χ1v) is 14.8. The zero-order valence-electron chi connectivity index (χ0n) is 24.0. The third-order valence-corrected chi connectivity index (χ3v) is 8.66. The topological polar surface area (TPSA) is 96.0 Å². The van der Waals surface area contributed by atoms with Crippen molar-refractivity contribution in [3.63, 3.8) is 0 Å². The monoisotopic (exact) mass is 565 g/mol. The number of methoxy groups -OCH3 is 1. The number of sulfonamides is 1. The number of aryl methyl sites for hydroxylation is 2. The molecule has 0 saturated heterocycles. The van der Waals surface area contributed by atoms with Gasteiger partial charge in [-0.1, -0.05) is 60.5 Å². The Labute approximate surface area is 238 Å². The number of hydrogen-bond donors (Lipinski definition) is 1. The zero-order valence-corrected chi connectivity index (χ0v) is 24.9. The summed E-state index contributed by atoms with van der Waals surface area (Å²) in [4.78, 5) is 28.6. The van der Waals surface area contributed by atoms with E-state index >= 15 is 0 Å². The molecule has 0 spiro atoms. The van der Waals surface area contributed by atoms with Crippen LogP contribution in [0.25, 0.3) is 0 Å². The molecule has 0 radical (unpaired) electrons. The summed E-state index contributed by atoms with van der Waals surface area (Å²) in [5, 5.41) is 2.94. The average Bonchev–Trinajstić information content (AvgIpc) is 2.95. The van der Waals surface area contributed by atoms with Gasteiger partial charge in [0.25, 0.3) is 10.0 Å². The van der Waals surface area contributed by atoms with Crippen molar-refractivity contribution in [1.82, 2.24) is 10.2 Å². The molecule has 3 aromatic rings. The van der Waals surface area contributed by atoms with E-state index in [-0.39, 0.29) is 29.1 Å². The minimum atomic E-state index is -4.14. The van der Waals surface area contributed by atoms with Crippen molar-refractivity contribution in [2.75, 3.05) is 18.0 Å². The maximum atomic E-state index is 14.0. The Morgan fingerprint density at radius 1 is 0.925 bits per heavy atom. The molecule has 0 aliphatic carbocycles. The molecule has 0 aliphatic rings. The lowest BCUT2D eigenvalue weighted by Gasteiger charge is -2.32. The molecule has 0 saturated carbocycles. The normalized spacial score (nSPS) is 12.8. The molecule has 0 fully saturated rings. The van der Waals surface area contributed by atoms with E-state index in [0.29, 0.717) is 5.75 Å². The minimum absolute atomic E-state index is 0.0568. The molecule has 40 heavy (non-hydrogen) atoms. The van der Waals surface area contributed by atoms with Gasteiger partial charge in [0, 0.05) is 18.7 Å². The van der Waals surface area contributed by atoms with Gasteiger partial charge in [-0.15, -0.1) is 0 Å². The second kappa shape index (κ2) is 13.5. The molecular weight excluding hydrogens is 526 g/mol. The molecule has 1 N–H and O–H groups in total. The summed E-state index contributed by atoms with van der Waals surface area (Å²) < 4.78 is 34.2. The number of anilines is 1. The van der Waals surface area contributed by atoms with E-state index in [2.05, 4.69) is 5.32 Å². The van der Waals surface area contributed by atoms with E-state index in [1.165, 1.54) is 24.1 Å². The van der Waals surface area contributed by atoms with Crippen LogP contribution in [0.4, 0.5) is 5.69 Å². The number of carbonyl (C=O) groups excluding carboxylic acids is 2. The Balaban J connectivity index is 2.04. The molecule has 2 atom stereocenters. The van der Waals surface area contributed by atoms with Crippen molar-refractivity contribution >= 4 is 27.5 Å². The molecular formula is C31H39N3O5S. The van der Waals surface area contributed by atoms with Crippen LogP contribution in [0, 0.1) is 13.8 Å². The third kappa shape index (κ3) is 7.63. The smallest absolute Gasteiger partial charge is 0.264 e. The number of nitrogens with zero attached hydrogens (tertiary/aromatic N) is 2. The minimum Gasteiger partial charge on any atom is -0.497 e. The Bertz CT molecular complexity index is 1410. The maximum absolute atomic E-state index is 14.0. The Morgan fingerprint density at radius 3 is 2.10 bits per heavy atom. The molecule has 3 aromatic carbocycles. The van der Waals surface area contributed by atoms with Crippen LogP contribution in [0.15, 0.2) is 77.7 Å². The van der Waals surface area contributed by atoms with Crippen molar-refractivity contribution in [2.24, 2.45) is 0 Å². The van der Waals surface area contributed by atoms with Gasteiger partial charge in [0.2, 0.25) is 11.8 Å². The van der Waals surface area contributed by atoms with E-state index in [9.17, 15) is 18.0 Å². The van der Waals surface area contributed by atoms with Crippen LogP contribution in [0.5, 0.6) is 5.75 Å². The molecule has 0 aromatic heterocycles. The van der Waals surface area contributed by atoms with Crippen molar-refractivity contribution < 1.29 is 22.7 Å².